The van der Waals surface area contributed by atoms with Crippen molar-refractivity contribution < 1.29 is 9.59 Å². The molecule has 0 aromatic heterocycles. The Kier molecular flexibility index (Phi) is 2.04. The van der Waals surface area contributed by atoms with Crippen LogP contribution in [0.1, 0.15) is 19.8 Å². The van der Waals surface area contributed by atoms with Gasteiger partial charge in [0.25, 0.3) is 5.91 Å². The van der Waals surface area contributed by atoms with E-state index in [2.05, 4.69) is 0 Å². The summed E-state index contributed by atoms with van der Waals surface area (Å²) in [5.74, 6) is -0.526. The van der Waals surface area contributed by atoms with E-state index in [9.17, 15) is 9.59 Å². The average Bonchev–Trinajstić information content (AvgIpc) is 1.95. The molecule has 0 unspecified atom stereocenters. The molecule has 1 aliphatic rings. The number of nitrogens with zero attached hydrogens (tertiary/aromatic N) is 1. The lowest BCUT2D eigenvalue weighted by Gasteiger charge is -2.23. The van der Waals surface area contributed by atoms with Gasteiger partial charge in [0, 0.05) is 19.5 Å². The first kappa shape index (κ1) is 7.25. The molecule has 1 amide bonds. The van der Waals surface area contributed by atoms with E-state index in [1.54, 1.807) is 4.90 Å². The molecule has 0 N–H and O–H groups in total. The molecule has 0 bridgehead atoms. The molecule has 1 rings (SSSR count). The Morgan fingerprint density at radius 3 is 2.70 bits per heavy atom. The van der Waals surface area contributed by atoms with E-state index in [-0.39, 0.29) is 11.7 Å². The van der Waals surface area contributed by atoms with Gasteiger partial charge in [0.15, 0.2) is 0 Å². The van der Waals surface area contributed by atoms with Gasteiger partial charge in [-0.3, -0.25) is 9.59 Å². The van der Waals surface area contributed by atoms with Crippen LogP contribution < -0.4 is 0 Å². The number of amides is 1. The van der Waals surface area contributed by atoms with Crippen LogP contribution in [0.5, 0.6) is 0 Å². The maximum Gasteiger partial charge on any atom is 0.289 e. The van der Waals surface area contributed by atoms with Crippen molar-refractivity contribution in [2.45, 2.75) is 19.8 Å². The topological polar surface area (TPSA) is 37.4 Å². The highest BCUT2D eigenvalue weighted by Crippen LogP contribution is 2.05. The first-order valence-corrected chi connectivity index (χ1v) is 3.57. The monoisotopic (exact) mass is 141 g/mol. The Morgan fingerprint density at radius 2 is 2.20 bits per heavy atom. The van der Waals surface area contributed by atoms with Crippen LogP contribution in [0.4, 0.5) is 0 Å². The van der Waals surface area contributed by atoms with E-state index in [1.807, 2.05) is 6.92 Å². The molecule has 3 heteroatoms. The van der Waals surface area contributed by atoms with E-state index in [0.29, 0.717) is 13.0 Å². The second-order valence-corrected chi connectivity index (χ2v) is 2.41. The number of Topliss-reactive ketones (excluding diaryl/α,β-unsaturated/α-hetero) is 1. The van der Waals surface area contributed by atoms with Crippen molar-refractivity contribution in [2.24, 2.45) is 0 Å². The van der Waals surface area contributed by atoms with Crippen LogP contribution in [0.3, 0.4) is 0 Å². The Morgan fingerprint density at radius 1 is 1.50 bits per heavy atom. The minimum atomic E-state index is -0.297. The summed E-state index contributed by atoms with van der Waals surface area (Å²) in [6.07, 6.45) is 1.27. The molecule has 56 valence electrons. The predicted octanol–water partition coefficient (Wildman–Crippen LogP) is 0.198. The number of piperidine rings is 1. The molecule has 1 aliphatic heterocycles. The van der Waals surface area contributed by atoms with Gasteiger partial charge in [0.05, 0.1) is 0 Å². The third-order valence-corrected chi connectivity index (χ3v) is 1.74. The SMILES string of the molecule is CCN1CCCC(=O)C1=O. The lowest BCUT2D eigenvalue weighted by molar-refractivity contribution is -0.146. The number of likely N-dealkylation sites (N-methyl/N-ethyl adjacent to an activating group) is 1. The Hall–Kier alpha value is -0.860. The lowest BCUT2D eigenvalue weighted by Crippen LogP contribution is -2.41. The van der Waals surface area contributed by atoms with Crippen LogP contribution in [0.2, 0.25) is 0 Å². The Balaban J connectivity index is 2.60. The van der Waals surface area contributed by atoms with E-state index >= 15 is 0 Å². The standard InChI is InChI=1S/C7H11NO2/c1-2-8-5-3-4-6(9)7(8)10/h2-5H2,1H3. The largest absolute Gasteiger partial charge is 0.336 e. The van der Waals surface area contributed by atoms with Gasteiger partial charge in [-0.1, -0.05) is 0 Å². The lowest BCUT2D eigenvalue weighted by atomic mass is 10.1. The van der Waals surface area contributed by atoms with Crippen LogP contribution in [0, 0.1) is 0 Å². The normalized spacial score (nSPS) is 19.9. The molecule has 0 aromatic carbocycles. The van der Waals surface area contributed by atoms with Gasteiger partial charge in [-0.05, 0) is 13.3 Å². The predicted molar refractivity (Wildman–Crippen MR) is 36.5 cm³/mol. The van der Waals surface area contributed by atoms with Crippen LogP contribution in [0.15, 0.2) is 0 Å². The Bertz CT molecular complexity index is 165. The third-order valence-electron chi connectivity index (χ3n) is 1.74. The van der Waals surface area contributed by atoms with Crippen LogP contribution >= 0.6 is 0 Å². The van der Waals surface area contributed by atoms with E-state index < -0.39 is 0 Å². The molecule has 0 spiro atoms. The van der Waals surface area contributed by atoms with Gasteiger partial charge in [0.1, 0.15) is 0 Å². The first-order chi connectivity index (χ1) is 4.75. The molecule has 1 saturated heterocycles. The fourth-order valence-electron chi connectivity index (χ4n) is 1.12. The molecule has 0 aromatic rings. The van der Waals surface area contributed by atoms with Crippen molar-refractivity contribution in [3.8, 4) is 0 Å². The first-order valence-electron chi connectivity index (χ1n) is 3.57. The number of hydrogen-bond donors (Lipinski definition) is 0. The number of ketones is 1. The van der Waals surface area contributed by atoms with Gasteiger partial charge in [-0.2, -0.15) is 0 Å². The van der Waals surface area contributed by atoms with Crippen LogP contribution in [0.25, 0.3) is 0 Å². The summed E-state index contributed by atoms with van der Waals surface area (Å²) >= 11 is 0. The highest BCUT2D eigenvalue weighted by atomic mass is 16.2. The summed E-state index contributed by atoms with van der Waals surface area (Å²) in [4.78, 5) is 23.3. The molecule has 1 fully saturated rings. The molecule has 10 heavy (non-hydrogen) atoms. The number of carbonyl (C=O) groups is 2. The van der Waals surface area contributed by atoms with Crippen molar-refractivity contribution in [1.29, 1.82) is 0 Å². The quantitative estimate of drug-likeness (QED) is 0.489. The molecule has 0 aliphatic carbocycles. The molecular formula is C7H11NO2. The van der Waals surface area contributed by atoms with E-state index in [0.717, 1.165) is 13.0 Å². The molecule has 3 nitrogen and oxygen atoms in total. The second kappa shape index (κ2) is 2.82. The maximum atomic E-state index is 10.9. The Labute approximate surface area is 60.0 Å². The summed E-state index contributed by atoms with van der Waals surface area (Å²) in [7, 11) is 0. The molecule has 0 saturated carbocycles. The van der Waals surface area contributed by atoms with Gasteiger partial charge in [-0.15, -0.1) is 0 Å². The number of hydrogen-bond acceptors (Lipinski definition) is 2. The molecule has 0 radical (unpaired) electrons. The van der Waals surface area contributed by atoms with Crippen molar-refractivity contribution in [3.05, 3.63) is 0 Å². The summed E-state index contributed by atoms with van der Waals surface area (Å²) in [6.45, 7) is 3.29. The average molecular weight is 141 g/mol. The number of rotatable bonds is 1. The number of likely N-dealkylation sites (tertiary alicyclic amines) is 1. The fourth-order valence-corrected chi connectivity index (χ4v) is 1.12. The molecule has 0 atom stereocenters. The van der Waals surface area contributed by atoms with Crippen molar-refractivity contribution >= 4 is 11.7 Å². The highest BCUT2D eigenvalue weighted by molar-refractivity contribution is 6.36. The van der Waals surface area contributed by atoms with E-state index in [1.165, 1.54) is 0 Å². The minimum Gasteiger partial charge on any atom is -0.336 e. The van der Waals surface area contributed by atoms with E-state index in [4.69, 9.17) is 0 Å². The summed E-state index contributed by atoms with van der Waals surface area (Å²) in [5.41, 5.74) is 0. The highest BCUT2D eigenvalue weighted by Gasteiger charge is 2.24. The summed E-state index contributed by atoms with van der Waals surface area (Å²) in [6, 6.07) is 0. The van der Waals surface area contributed by atoms with Crippen LogP contribution in [-0.4, -0.2) is 29.7 Å². The van der Waals surface area contributed by atoms with Crippen LogP contribution in [-0.2, 0) is 9.59 Å². The summed E-state index contributed by atoms with van der Waals surface area (Å²) < 4.78 is 0. The smallest absolute Gasteiger partial charge is 0.289 e. The summed E-state index contributed by atoms with van der Waals surface area (Å²) in [5, 5.41) is 0. The van der Waals surface area contributed by atoms with Gasteiger partial charge < -0.3 is 4.90 Å². The fraction of sp³-hybridized carbons (Fsp3) is 0.714. The zero-order valence-corrected chi connectivity index (χ0v) is 6.09. The second-order valence-electron chi connectivity index (χ2n) is 2.41. The van der Waals surface area contributed by atoms with Crippen molar-refractivity contribution in [3.63, 3.8) is 0 Å². The van der Waals surface area contributed by atoms with Gasteiger partial charge in [0.2, 0.25) is 5.78 Å². The van der Waals surface area contributed by atoms with Crippen molar-refractivity contribution in [1.82, 2.24) is 4.90 Å². The van der Waals surface area contributed by atoms with Gasteiger partial charge >= 0.3 is 0 Å². The molecule has 1 heterocycles. The number of carbonyl (C=O) groups excluding carboxylic acids is 2. The van der Waals surface area contributed by atoms with Gasteiger partial charge in [-0.25, -0.2) is 0 Å². The zero-order valence-electron chi connectivity index (χ0n) is 6.09. The third kappa shape index (κ3) is 1.17. The van der Waals surface area contributed by atoms with Crippen molar-refractivity contribution in [2.75, 3.05) is 13.1 Å². The molecular weight excluding hydrogens is 130 g/mol. The minimum absolute atomic E-state index is 0.229. The zero-order chi connectivity index (χ0) is 7.56. The maximum absolute atomic E-state index is 10.9.